The molecular formula is C22H29N3O. The van der Waals surface area contributed by atoms with Crippen LogP contribution in [0.3, 0.4) is 0 Å². The topological polar surface area (TPSA) is 28.6 Å². The molecule has 0 radical (unpaired) electrons. The zero-order valence-electron chi connectivity index (χ0n) is 15.9. The van der Waals surface area contributed by atoms with E-state index in [1.807, 2.05) is 12.3 Å². The third-order valence-electron chi connectivity index (χ3n) is 6.04. The standard InChI is InChI=1S/C22H29N3O/c1-18-7-6-12-23-21(18)25-13-10-22(11-14-25)15-20(17-26-22)24(2)16-19-8-4-3-5-9-19/h3-9,12,20H,10-11,13-17H2,1-2H3/t20-/m0/s1. The first-order valence-corrected chi connectivity index (χ1v) is 9.70. The van der Waals surface area contributed by atoms with Gasteiger partial charge in [0.05, 0.1) is 12.2 Å². The summed E-state index contributed by atoms with van der Waals surface area (Å²) in [4.78, 5) is 9.46. The molecule has 0 unspecified atom stereocenters. The molecule has 3 heterocycles. The number of nitrogens with zero attached hydrogens (tertiary/aromatic N) is 3. The second-order valence-electron chi connectivity index (χ2n) is 7.88. The number of benzene rings is 1. The molecule has 4 nitrogen and oxygen atoms in total. The number of likely N-dealkylation sites (N-methyl/N-ethyl adjacent to an activating group) is 1. The van der Waals surface area contributed by atoms with E-state index in [0.29, 0.717) is 6.04 Å². The summed E-state index contributed by atoms with van der Waals surface area (Å²) >= 11 is 0. The summed E-state index contributed by atoms with van der Waals surface area (Å²) in [6.07, 6.45) is 5.23. The highest BCUT2D eigenvalue weighted by Gasteiger charge is 2.44. The SMILES string of the molecule is Cc1cccnc1N1CCC2(CC1)C[C@H](N(C)Cc1ccccc1)CO2. The zero-order valence-corrected chi connectivity index (χ0v) is 15.9. The first kappa shape index (κ1) is 17.5. The summed E-state index contributed by atoms with van der Waals surface area (Å²) in [7, 11) is 2.23. The molecule has 138 valence electrons. The molecule has 0 saturated carbocycles. The maximum atomic E-state index is 6.38. The molecule has 0 bridgehead atoms. The van der Waals surface area contributed by atoms with Crippen molar-refractivity contribution in [3.05, 3.63) is 59.8 Å². The first-order valence-electron chi connectivity index (χ1n) is 9.70. The van der Waals surface area contributed by atoms with Crippen molar-refractivity contribution in [2.45, 2.75) is 44.4 Å². The number of aryl methyl sites for hydroxylation is 1. The number of aromatic nitrogens is 1. The molecular weight excluding hydrogens is 322 g/mol. The van der Waals surface area contributed by atoms with Crippen LogP contribution in [0.25, 0.3) is 0 Å². The van der Waals surface area contributed by atoms with E-state index in [2.05, 4.69) is 65.2 Å². The van der Waals surface area contributed by atoms with Gasteiger partial charge in [-0.15, -0.1) is 0 Å². The lowest BCUT2D eigenvalue weighted by Gasteiger charge is -2.40. The third kappa shape index (κ3) is 3.62. The average molecular weight is 351 g/mol. The van der Waals surface area contributed by atoms with Gasteiger partial charge in [-0.1, -0.05) is 36.4 Å². The van der Waals surface area contributed by atoms with Crippen molar-refractivity contribution in [3.63, 3.8) is 0 Å². The second kappa shape index (κ2) is 7.37. The van der Waals surface area contributed by atoms with Gasteiger partial charge in [0.15, 0.2) is 0 Å². The minimum atomic E-state index is 0.0643. The molecule has 1 spiro atoms. The zero-order chi connectivity index (χ0) is 18.0. The molecule has 0 amide bonds. The van der Waals surface area contributed by atoms with Crippen LogP contribution in [0.2, 0.25) is 0 Å². The van der Waals surface area contributed by atoms with E-state index in [4.69, 9.17) is 4.74 Å². The second-order valence-corrected chi connectivity index (χ2v) is 7.88. The van der Waals surface area contributed by atoms with Crippen LogP contribution in [0, 0.1) is 6.92 Å². The Labute approximate surface area is 156 Å². The summed E-state index contributed by atoms with van der Waals surface area (Å²) in [5, 5.41) is 0. The Morgan fingerprint density at radius 1 is 1.15 bits per heavy atom. The Kier molecular flexibility index (Phi) is 4.96. The van der Waals surface area contributed by atoms with Gasteiger partial charge >= 0.3 is 0 Å². The van der Waals surface area contributed by atoms with E-state index < -0.39 is 0 Å². The Morgan fingerprint density at radius 2 is 1.92 bits per heavy atom. The van der Waals surface area contributed by atoms with E-state index in [1.54, 1.807) is 0 Å². The van der Waals surface area contributed by atoms with Gasteiger partial charge in [0, 0.05) is 31.9 Å². The number of anilines is 1. The monoisotopic (exact) mass is 351 g/mol. The fraction of sp³-hybridized carbons (Fsp3) is 0.500. The Morgan fingerprint density at radius 3 is 2.65 bits per heavy atom. The highest BCUT2D eigenvalue weighted by atomic mass is 16.5. The van der Waals surface area contributed by atoms with Crippen LogP contribution in [-0.2, 0) is 11.3 Å². The maximum Gasteiger partial charge on any atom is 0.131 e. The normalized spacial score (nSPS) is 22.3. The van der Waals surface area contributed by atoms with E-state index in [9.17, 15) is 0 Å². The number of hydrogen-bond acceptors (Lipinski definition) is 4. The predicted octanol–water partition coefficient (Wildman–Crippen LogP) is 3.65. The van der Waals surface area contributed by atoms with Crippen LogP contribution >= 0.6 is 0 Å². The van der Waals surface area contributed by atoms with Gasteiger partial charge < -0.3 is 9.64 Å². The molecule has 0 N–H and O–H groups in total. The highest BCUT2D eigenvalue weighted by Crippen LogP contribution is 2.38. The van der Waals surface area contributed by atoms with Crippen LogP contribution in [0.1, 0.15) is 30.4 Å². The fourth-order valence-corrected chi connectivity index (χ4v) is 4.39. The fourth-order valence-electron chi connectivity index (χ4n) is 4.39. The van der Waals surface area contributed by atoms with Gasteiger partial charge in [0.2, 0.25) is 0 Å². The van der Waals surface area contributed by atoms with Crippen LogP contribution in [0.15, 0.2) is 48.7 Å². The van der Waals surface area contributed by atoms with Crippen molar-refractivity contribution in [1.29, 1.82) is 0 Å². The molecule has 4 heteroatoms. The lowest BCUT2D eigenvalue weighted by atomic mass is 9.87. The van der Waals surface area contributed by atoms with E-state index in [0.717, 1.165) is 51.3 Å². The van der Waals surface area contributed by atoms with Crippen molar-refractivity contribution >= 4 is 5.82 Å². The summed E-state index contributed by atoms with van der Waals surface area (Å²) in [5.74, 6) is 1.14. The Hall–Kier alpha value is -1.91. The number of piperidine rings is 1. The average Bonchev–Trinajstić information content (AvgIpc) is 3.08. The molecule has 2 fully saturated rings. The van der Waals surface area contributed by atoms with Gasteiger partial charge in [0.1, 0.15) is 5.82 Å². The van der Waals surface area contributed by atoms with Gasteiger partial charge in [-0.25, -0.2) is 4.98 Å². The van der Waals surface area contributed by atoms with Crippen molar-refractivity contribution in [2.24, 2.45) is 0 Å². The molecule has 1 aromatic heterocycles. The van der Waals surface area contributed by atoms with E-state index in [1.165, 1.54) is 11.1 Å². The molecule has 0 aliphatic carbocycles. The molecule has 4 rings (SSSR count). The largest absolute Gasteiger partial charge is 0.373 e. The van der Waals surface area contributed by atoms with Crippen molar-refractivity contribution in [1.82, 2.24) is 9.88 Å². The van der Waals surface area contributed by atoms with Crippen LogP contribution in [-0.4, -0.2) is 48.3 Å². The molecule has 26 heavy (non-hydrogen) atoms. The first-order chi connectivity index (χ1) is 12.7. The third-order valence-corrected chi connectivity index (χ3v) is 6.04. The summed E-state index contributed by atoms with van der Waals surface area (Å²) in [6, 6.07) is 15.4. The number of hydrogen-bond donors (Lipinski definition) is 0. The predicted molar refractivity (Wildman–Crippen MR) is 105 cm³/mol. The molecule has 2 aliphatic heterocycles. The molecule has 2 aliphatic rings. The van der Waals surface area contributed by atoms with Gasteiger partial charge in [0.25, 0.3) is 0 Å². The maximum absolute atomic E-state index is 6.38. The number of pyridine rings is 1. The van der Waals surface area contributed by atoms with Gasteiger partial charge in [-0.2, -0.15) is 0 Å². The quantitative estimate of drug-likeness (QED) is 0.841. The lowest BCUT2D eigenvalue weighted by Crippen LogP contribution is -2.45. The van der Waals surface area contributed by atoms with Crippen LogP contribution in [0.5, 0.6) is 0 Å². The minimum absolute atomic E-state index is 0.0643. The lowest BCUT2D eigenvalue weighted by molar-refractivity contribution is -0.0158. The summed E-state index contributed by atoms with van der Waals surface area (Å²) in [5.41, 5.74) is 2.70. The number of rotatable bonds is 4. The van der Waals surface area contributed by atoms with Gasteiger partial charge in [-0.05, 0) is 50.4 Å². The number of ether oxygens (including phenoxy) is 1. The van der Waals surface area contributed by atoms with Crippen molar-refractivity contribution in [3.8, 4) is 0 Å². The van der Waals surface area contributed by atoms with Crippen LogP contribution < -0.4 is 4.90 Å². The highest BCUT2D eigenvalue weighted by molar-refractivity contribution is 5.46. The summed E-state index contributed by atoms with van der Waals surface area (Å²) in [6.45, 7) is 6.06. The molecule has 2 saturated heterocycles. The molecule has 1 atom stereocenters. The summed E-state index contributed by atoms with van der Waals surface area (Å²) < 4.78 is 6.38. The van der Waals surface area contributed by atoms with Crippen molar-refractivity contribution in [2.75, 3.05) is 31.6 Å². The Balaban J connectivity index is 1.35. The molecule has 1 aromatic carbocycles. The molecule has 2 aromatic rings. The smallest absolute Gasteiger partial charge is 0.131 e. The minimum Gasteiger partial charge on any atom is -0.373 e. The van der Waals surface area contributed by atoms with E-state index in [-0.39, 0.29) is 5.60 Å². The van der Waals surface area contributed by atoms with E-state index >= 15 is 0 Å². The van der Waals surface area contributed by atoms with Crippen molar-refractivity contribution < 1.29 is 4.74 Å². The Bertz CT molecular complexity index is 725. The van der Waals surface area contributed by atoms with Gasteiger partial charge in [-0.3, -0.25) is 4.90 Å². The van der Waals surface area contributed by atoms with Crippen LogP contribution in [0.4, 0.5) is 5.82 Å².